The minimum Gasteiger partial charge on any atom is -0.493 e. The average Bonchev–Trinajstić information content (AvgIpc) is 3.04. The van der Waals surface area contributed by atoms with Crippen LogP contribution in [0, 0.1) is 12.8 Å². The molecule has 4 nitrogen and oxygen atoms in total. The zero-order valence-electron chi connectivity index (χ0n) is 13.8. The Balaban J connectivity index is 1.59. The maximum Gasteiger partial charge on any atom is 0.222 e. The van der Waals surface area contributed by atoms with Gasteiger partial charge in [-0.3, -0.25) is 4.79 Å². The summed E-state index contributed by atoms with van der Waals surface area (Å²) in [6.45, 7) is 5.62. The number of aryl methyl sites for hydroxylation is 1. The van der Waals surface area contributed by atoms with Crippen LogP contribution in [0.4, 0.5) is 0 Å². The Hall–Kier alpha value is -1.55. The third-order valence-corrected chi connectivity index (χ3v) is 4.34. The second-order valence-electron chi connectivity index (χ2n) is 6.18. The van der Waals surface area contributed by atoms with Gasteiger partial charge in [-0.1, -0.05) is 18.2 Å². The van der Waals surface area contributed by atoms with E-state index in [2.05, 4.69) is 5.32 Å². The first-order valence-electron chi connectivity index (χ1n) is 8.30. The van der Waals surface area contributed by atoms with Crippen LogP contribution in [0.3, 0.4) is 0 Å². The number of para-hydroxylation sites is 1. The van der Waals surface area contributed by atoms with Gasteiger partial charge >= 0.3 is 0 Å². The number of ether oxygens (including phenoxy) is 1. The van der Waals surface area contributed by atoms with E-state index in [0.717, 1.165) is 43.8 Å². The molecule has 1 amide bonds. The highest BCUT2D eigenvalue weighted by Gasteiger charge is 2.17. The number of nitrogens with one attached hydrogen (secondary N) is 1. The average molecular weight is 304 g/mol. The van der Waals surface area contributed by atoms with Crippen molar-refractivity contribution in [3.05, 3.63) is 29.8 Å². The highest BCUT2D eigenvalue weighted by atomic mass is 16.5. The van der Waals surface area contributed by atoms with E-state index in [4.69, 9.17) is 4.74 Å². The highest BCUT2D eigenvalue weighted by molar-refractivity contribution is 5.75. The maximum atomic E-state index is 12.1. The summed E-state index contributed by atoms with van der Waals surface area (Å²) in [5.41, 5.74) is 1.15. The molecule has 0 aromatic heterocycles. The second-order valence-corrected chi connectivity index (χ2v) is 6.18. The highest BCUT2D eigenvalue weighted by Crippen LogP contribution is 2.17. The van der Waals surface area contributed by atoms with E-state index in [1.807, 2.05) is 43.1 Å². The van der Waals surface area contributed by atoms with Gasteiger partial charge < -0.3 is 15.0 Å². The fraction of sp³-hybridized carbons (Fsp3) is 0.611. The largest absolute Gasteiger partial charge is 0.493 e. The zero-order chi connectivity index (χ0) is 15.8. The van der Waals surface area contributed by atoms with Crippen molar-refractivity contribution in [1.29, 1.82) is 0 Å². The first kappa shape index (κ1) is 16.8. The van der Waals surface area contributed by atoms with Crippen LogP contribution in [0.2, 0.25) is 0 Å². The Bertz CT molecular complexity index is 470. The molecule has 1 atom stereocenters. The second kappa shape index (κ2) is 8.79. The summed E-state index contributed by atoms with van der Waals surface area (Å²) in [6, 6.07) is 8.02. The summed E-state index contributed by atoms with van der Waals surface area (Å²) in [5, 5.41) is 3.35. The molecule has 4 heteroatoms. The van der Waals surface area contributed by atoms with E-state index in [9.17, 15) is 4.79 Å². The number of hydrogen-bond acceptors (Lipinski definition) is 3. The molecule has 1 fully saturated rings. The molecular formula is C18H28N2O2. The van der Waals surface area contributed by atoms with Crippen molar-refractivity contribution in [2.45, 2.75) is 32.6 Å². The Morgan fingerprint density at radius 3 is 2.95 bits per heavy atom. The molecule has 1 aliphatic heterocycles. The summed E-state index contributed by atoms with van der Waals surface area (Å²) < 4.78 is 5.76. The van der Waals surface area contributed by atoms with Crippen molar-refractivity contribution >= 4 is 5.91 Å². The topological polar surface area (TPSA) is 41.6 Å². The SMILES string of the molecule is Cc1ccccc1OCCCN(C)C(=O)CCC1CCNC1. The van der Waals surface area contributed by atoms with Crippen LogP contribution < -0.4 is 10.1 Å². The van der Waals surface area contributed by atoms with Crippen LogP contribution in [0.15, 0.2) is 24.3 Å². The zero-order valence-corrected chi connectivity index (χ0v) is 13.8. The molecule has 0 aliphatic carbocycles. The summed E-state index contributed by atoms with van der Waals surface area (Å²) in [4.78, 5) is 13.9. The lowest BCUT2D eigenvalue weighted by Crippen LogP contribution is -2.29. The molecule has 2 rings (SSSR count). The fourth-order valence-corrected chi connectivity index (χ4v) is 2.81. The molecule has 1 aliphatic rings. The molecule has 1 heterocycles. The van der Waals surface area contributed by atoms with Crippen LogP contribution in [0.25, 0.3) is 0 Å². The van der Waals surface area contributed by atoms with Crippen LogP contribution in [-0.2, 0) is 4.79 Å². The van der Waals surface area contributed by atoms with E-state index < -0.39 is 0 Å². The minimum absolute atomic E-state index is 0.253. The Morgan fingerprint density at radius 2 is 2.23 bits per heavy atom. The number of carbonyl (C=O) groups is 1. The molecule has 0 spiro atoms. The van der Waals surface area contributed by atoms with Gasteiger partial charge in [0.2, 0.25) is 5.91 Å². The predicted molar refractivity (Wildman–Crippen MR) is 89.1 cm³/mol. The maximum absolute atomic E-state index is 12.1. The number of nitrogens with zero attached hydrogens (tertiary/aromatic N) is 1. The van der Waals surface area contributed by atoms with Gasteiger partial charge in [-0.05, 0) is 56.8 Å². The van der Waals surface area contributed by atoms with Crippen molar-refractivity contribution < 1.29 is 9.53 Å². The number of amides is 1. The van der Waals surface area contributed by atoms with Crippen molar-refractivity contribution in [2.24, 2.45) is 5.92 Å². The first-order chi connectivity index (χ1) is 10.7. The number of carbonyl (C=O) groups excluding carboxylic acids is 1. The van der Waals surface area contributed by atoms with Gasteiger partial charge in [0, 0.05) is 20.0 Å². The van der Waals surface area contributed by atoms with Crippen molar-refractivity contribution in [3.8, 4) is 5.75 Å². The molecule has 1 N–H and O–H groups in total. The van der Waals surface area contributed by atoms with Crippen LogP contribution in [-0.4, -0.2) is 44.1 Å². The number of benzene rings is 1. The van der Waals surface area contributed by atoms with Crippen molar-refractivity contribution in [2.75, 3.05) is 33.3 Å². The third kappa shape index (κ3) is 5.34. The molecule has 0 radical (unpaired) electrons. The summed E-state index contributed by atoms with van der Waals surface area (Å²) >= 11 is 0. The molecule has 22 heavy (non-hydrogen) atoms. The lowest BCUT2D eigenvalue weighted by atomic mass is 10.0. The quantitative estimate of drug-likeness (QED) is 0.751. The van der Waals surface area contributed by atoms with Gasteiger partial charge in [-0.2, -0.15) is 0 Å². The molecule has 1 aromatic carbocycles. The molecule has 0 saturated carbocycles. The van der Waals surface area contributed by atoms with Gasteiger partial charge in [0.15, 0.2) is 0 Å². The molecule has 0 bridgehead atoms. The summed E-state index contributed by atoms with van der Waals surface area (Å²) in [7, 11) is 1.89. The smallest absolute Gasteiger partial charge is 0.222 e. The summed E-state index contributed by atoms with van der Waals surface area (Å²) in [5.74, 6) is 1.87. The first-order valence-corrected chi connectivity index (χ1v) is 8.30. The van der Waals surface area contributed by atoms with Crippen LogP contribution in [0.1, 0.15) is 31.2 Å². The number of rotatable bonds is 8. The van der Waals surface area contributed by atoms with E-state index >= 15 is 0 Å². The fourth-order valence-electron chi connectivity index (χ4n) is 2.81. The van der Waals surface area contributed by atoms with Gasteiger partial charge in [-0.25, -0.2) is 0 Å². The molecule has 122 valence electrons. The summed E-state index contributed by atoms with van der Waals surface area (Å²) in [6.07, 6.45) is 3.75. The van der Waals surface area contributed by atoms with E-state index in [-0.39, 0.29) is 5.91 Å². The Labute approximate surface area is 133 Å². The standard InChI is InChI=1S/C18H28N2O2/c1-15-6-3-4-7-17(15)22-13-5-12-20(2)18(21)9-8-16-10-11-19-14-16/h3-4,6-7,16,19H,5,8-14H2,1-2H3. The molecule has 1 aromatic rings. The molecule has 1 unspecified atom stereocenters. The van der Waals surface area contributed by atoms with Crippen LogP contribution >= 0.6 is 0 Å². The van der Waals surface area contributed by atoms with Gasteiger partial charge in [0.25, 0.3) is 0 Å². The number of hydrogen-bond donors (Lipinski definition) is 1. The van der Waals surface area contributed by atoms with Crippen LogP contribution in [0.5, 0.6) is 5.75 Å². The van der Waals surface area contributed by atoms with Crippen molar-refractivity contribution in [1.82, 2.24) is 10.2 Å². The van der Waals surface area contributed by atoms with Crippen molar-refractivity contribution in [3.63, 3.8) is 0 Å². The molecular weight excluding hydrogens is 276 g/mol. The third-order valence-electron chi connectivity index (χ3n) is 4.34. The van der Waals surface area contributed by atoms with E-state index in [1.54, 1.807) is 0 Å². The molecule has 1 saturated heterocycles. The normalized spacial score (nSPS) is 17.5. The Kier molecular flexibility index (Phi) is 6.72. The Morgan fingerprint density at radius 1 is 1.41 bits per heavy atom. The van der Waals surface area contributed by atoms with Gasteiger partial charge in [0.05, 0.1) is 6.61 Å². The monoisotopic (exact) mass is 304 g/mol. The lowest BCUT2D eigenvalue weighted by Gasteiger charge is -2.18. The van der Waals surface area contributed by atoms with Gasteiger partial charge in [0.1, 0.15) is 5.75 Å². The van der Waals surface area contributed by atoms with Gasteiger partial charge in [-0.15, -0.1) is 0 Å². The van der Waals surface area contributed by atoms with E-state index in [1.165, 1.54) is 6.42 Å². The lowest BCUT2D eigenvalue weighted by molar-refractivity contribution is -0.130. The van der Waals surface area contributed by atoms with E-state index in [0.29, 0.717) is 18.9 Å². The predicted octanol–water partition coefficient (Wildman–Crippen LogP) is 2.61. The minimum atomic E-state index is 0.253.